The normalized spacial score (nSPS) is 12.4. The molecule has 2 N–H and O–H groups in total. The SMILES string of the molecule is CCCOc1cccc(-c2ncc(C(C)N)n2C)c1. The van der Waals surface area contributed by atoms with Crippen LogP contribution in [0.25, 0.3) is 11.4 Å². The van der Waals surface area contributed by atoms with Gasteiger partial charge in [0.15, 0.2) is 0 Å². The van der Waals surface area contributed by atoms with E-state index in [0.29, 0.717) is 0 Å². The van der Waals surface area contributed by atoms with Gasteiger partial charge in [-0.25, -0.2) is 4.98 Å². The summed E-state index contributed by atoms with van der Waals surface area (Å²) in [5, 5.41) is 0. The van der Waals surface area contributed by atoms with Gasteiger partial charge in [-0.05, 0) is 25.5 Å². The number of rotatable bonds is 5. The van der Waals surface area contributed by atoms with Crippen LogP contribution in [-0.4, -0.2) is 16.2 Å². The number of aromatic nitrogens is 2. The molecule has 0 amide bonds. The summed E-state index contributed by atoms with van der Waals surface area (Å²) in [7, 11) is 1.99. The topological polar surface area (TPSA) is 53.1 Å². The monoisotopic (exact) mass is 259 g/mol. The minimum Gasteiger partial charge on any atom is -0.494 e. The molecule has 0 aliphatic rings. The van der Waals surface area contributed by atoms with E-state index in [1.807, 2.05) is 49.0 Å². The molecule has 1 heterocycles. The Kier molecular flexibility index (Phi) is 4.22. The number of hydrogen-bond acceptors (Lipinski definition) is 3. The first-order valence-corrected chi connectivity index (χ1v) is 6.64. The second kappa shape index (κ2) is 5.89. The molecule has 4 heteroatoms. The zero-order valence-corrected chi connectivity index (χ0v) is 11.8. The molecule has 0 saturated carbocycles. The van der Waals surface area contributed by atoms with Gasteiger partial charge in [0, 0.05) is 18.7 Å². The largest absolute Gasteiger partial charge is 0.494 e. The van der Waals surface area contributed by atoms with Gasteiger partial charge < -0.3 is 15.0 Å². The van der Waals surface area contributed by atoms with Crippen LogP contribution in [-0.2, 0) is 7.05 Å². The maximum absolute atomic E-state index is 5.92. The van der Waals surface area contributed by atoms with Crippen molar-refractivity contribution in [2.75, 3.05) is 6.61 Å². The molecule has 0 radical (unpaired) electrons. The summed E-state index contributed by atoms with van der Waals surface area (Å²) >= 11 is 0. The third-order valence-corrected chi connectivity index (χ3v) is 3.06. The Balaban J connectivity index is 2.31. The fourth-order valence-electron chi connectivity index (χ4n) is 2.06. The van der Waals surface area contributed by atoms with Crippen molar-refractivity contribution in [1.82, 2.24) is 9.55 Å². The third kappa shape index (κ3) is 2.96. The molecule has 1 aromatic carbocycles. The molecular weight excluding hydrogens is 238 g/mol. The molecule has 1 aromatic heterocycles. The van der Waals surface area contributed by atoms with Gasteiger partial charge in [0.1, 0.15) is 11.6 Å². The van der Waals surface area contributed by atoms with Crippen molar-refractivity contribution in [3.05, 3.63) is 36.2 Å². The van der Waals surface area contributed by atoms with E-state index in [0.717, 1.165) is 35.9 Å². The standard InChI is InChI=1S/C15H21N3O/c1-4-8-19-13-7-5-6-12(9-13)15-17-10-14(11(2)16)18(15)3/h5-7,9-11H,4,8,16H2,1-3H3. The van der Waals surface area contributed by atoms with E-state index in [4.69, 9.17) is 10.5 Å². The van der Waals surface area contributed by atoms with Gasteiger partial charge >= 0.3 is 0 Å². The lowest BCUT2D eigenvalue weighted by molar-refractivity contribution is 0.317. The minimum absolute atomic E-state index is 0.0224. The highest BCUT2D eigenvalue weighted by atomic mass is 16.5. The Hall–Kier alpha value is -1.81. The summed E-state index contributed by atoms with van der Waals surface area (Å²) in [6.45, 7) is 4.79. The molecule has 0 aliphatic carbocycles. The Labute approximate surface area is 114 Å². The highest BCUT2D eigenvalue weighted by Gasteiger charge is 2.11. The van der Waals surface area contributed by atoms with Crippen molar-refractivity contribution in [2.24, 2.45) is 12.8 Å². The lowest BCUT2D eigenvalue weighted by atomic mass is 10.2. The van der Waals surface area contributed by atoms with Gasteiger partial charge in [-0.1, -0.05) is 19.1 Å². The van der Waals surface area contributed by atoms with Gasteiger partial charge in [0.25, 0.3) is 0 Å². The molecule has 19 heavy (non-hydrogen) atoms. The first kappa shape index (κ1) is 13.6. The van der Waals surface area contributed by atoms with Crippen LogP contribution in [0.2, 0.25) is 0 Å². The molecule has 2 rings (SSSR count). The summed E-state index contributed by atoms with van der Waals surface area (Å²) in [5.74, 6) is 1.79. The summed E-state index contributed by atoms with van der Waals surface area (Å²) < 4.78 is 7.68. The van der Waals surface area contributed by atoms with Crippen LogP contribution < -0.4 is 10.5 Å². The number of nitrogens with zero attached hydrogens (tertiary/aromatic N) is 2. The van der Waals surface area contributed by atoms with E-state index in [-0.39, 0.29) is 6.04 Å². The molecule has 0 spiro atoms. The van der Waals surface area contributed by atoms with Crippen molar-refractivity contribution < 1.29 is 4.74 Å². The van der Waals surface area contributed by atoms with E-state index in [9.17, 15) is 0 Å². The number of imidazole rings is 1. The lowest BCUT2D eigenvalue weighted by Gasteiger charge is -2.10. The van der Waals surface area contributed by atoms with E-state index in [1.54, 1.807) is 0 Å². The van der Waals surface area contributed by atoms with E-state index in [1.165, 1.54) is 0 Å². The average molecular weight is 259 g/mol. The number of nitrogens with two attached hydrogens (primary N) is 1. The highest BCUT2D eigenvalue weighted by Crippen LogP contribution is 2.24. The molecule has 102 valence electrons. The fourth-order valence-corrected chi connectivity index (χ4v) is 2.06. The molecule has 1 atom stereocenters. The predicted molar refractivity (Wildman–Crippen MR) is 77.0 cm³/mol. The molecule has 0 fully saturated rings. The first-order chi connectivity index (χ1) is 9.13. The highest BCUT2D eigenvalue weighted by molar-refractivity contribution is 5.58. The van der Waals surface area contributed by atoms with Gasteiger partial charge in [-0.15, -0.1) is 0 Å². The van der Waals surface area contributed by atoms with Crippen molar-refractivity contribution in [2.45, 2.75) is 26.3 Å². The van der Waals surface area contributed by atoms with Crippen LogP contribution in [0.4, 0.5) is 0 Å². The van der Waals surface area contributed by atoms with Crippen molar-refractivity contribution >= 4 is 0 Å². The molecule has 0 aliphatic heterocycles. The second-order valence-corrected chi connectivity index (χ2v) is 4.73. The summed E-state index contributed by atoms with van der Waals surface area (Å²) in [6, 6.07) is 7.98. The van der Waals surface area contributed by atoms with Crippen LogP contribution in [0.15, 0.2) is 30.5 Å². The predicted octanol–water partition coefficient (Wildman–Crippen LogP) is 2.90. The smallest absolute Gasteiger partial charge is 0.140 e. The Morgan fingerprint density at radius 3 is 2.84 bits per heavy atom. The Bertz CT molecular complexity index is 546. The Morgan fingerprint density at radius 2 is 2.21 bits per heavy atom. The molecule has 0 saturated heterocycles. The van der Waals surface area contributed by atoms with Crippen molar-refractivity contribution in [3.63, 3.8) is 0 Å². The quantitative estimate of drug-likeness (QED) is 0.898. The summed E-state index contributed by atoms with van der Waals surface area (Å²) in [5.41, 5.74) is 7.98. The minimum atomic E-state index is -0.0224. The van der Waals surface area contributed by atoms with Crippen LogP contribution in [0.3, 0.4) is 0 Å². The zero-order chi connectivity index (χ0) is 13.8. The fraction of sp³-hybridized carbons (Fsp3) is 0.400. The molecule has 0 bridgehead atoms. The molecule has 1 unspecified atom stereocenters. The first-order valence-electron chi connectivity index (χ1n) is 6.64. The van der Waals surface area contributed by atoms with Gasteiger partial charge in [-0.2, -0.15) is 0 Å². The third-order valence-electron chi connectivity index (χ3n) is 3.06. The van der Waals surface area contributed by atoms with E-state index in [2.05, 4.69) is 11.9 Å². The number of benzene rings is 1. The van der Waals surface area contributed by atoms with Crippen LogP contribution in [0, 0.1) is 0 Å². The second-order valence-electron chi connectivity index (χ2n) is 4.73. The number of ether oxygens (including phenoxy) is 1. The van der Waals surface area contributed by atoms with Crippen LogP contribution in [0.1, 0.15) is 32.0 Å². The lowest BCUT2D eigenvalue weighted by Crippen LogP contribution is -2.10. The average Bonchev–Trinajstić information content (AvgIpc) is 2.78. The Morgan fingerprint density at radius 1 is 1.42 bits per heavy atom. The van der Waals surface area contributed by atoms with Crippen LogP contribution >= 0.6 is 0 Å². The van der Waals surface area contributed by atoms with Gasteiger partial charge in [-0.3, -0.25) is 0 Å². The van der Waals surface area contributed by atoms with Crippen LogP contribution in [0.5, 0.6) is 5.75 Å². The molecular formula is C15H21N3O. The summed E-state index contributed by atoms with van der Waals surface area (Å²) in [6.07, 6.45) is 2.83. The summed E-state index contributed by atoms with van der Waals surface area (Å²) in [4.78, 5) is 4.46. The maximum Gasteiger partial charge on any atom is 0.140 e. The maximum atomic E-state index is 5.92. The van der Waals surface area contributed by atoms with Crippen molar-refractivity contribution in [1.29, 1.82) is 0 Å². The van der Waals surface area contributed by atoms with E-state index >= 15 is 0 Å². The molecule has 4 nitrogen and oxygen atoms in total. The van der Waals surface area contributed by atoms with Crippen molar-refractivity contribution in [3.8, 4) is 17.1 Å². The number of hydrogen-bond donors (Lipinski definition) is 1. The van der Waals surface area contributed by atoms with E-state index < -0.39 is 0 Å². The van der Waals surface area contributed by atoms with Gasteiger partial charge in [0.05, 0.1) is 18.5 Å². The molecule has 2 aromatic rings. The van der Waals surface area contributed by atoms with Gasteiger partial charge in [0.2, 0.25) is 0 Å². The zero-order valence-electron chi connectivity index (χ0n) is 11.8.